The SMILES string of the molecule is COc1ccc(C(=O)N2C[C@@H](NC(=O)C3CCOCC3)C[C@H]2c2n[nH]c(C)n2)c(OC)c1. The van der Waals surface area contributed by atoms with Gasteiger partial charge in [0.1, 0.15) is 17.3 Å². The third kappa shape index (κ3) is 4.55. The molecule has 10 heteroatoms. The molecule has 2 aromatic rings. The molecule has 2 amide bonds. The van der Waals surface area contributed by atoms with Crippen molar-refractivity contribution in [1.82, 2.24) is 25.4 Å². The number of hydrogen-bond donors (Lipinski definition) is 2. The second-order valence-corrected chi connectivity index (χ2v) is 8.15. The van der Waals surface area contributed by atoms with Gasteiger partial charge in [0.2, 0.25) is 5.91 Å². The van der Waals surface area contributed by atoms with E-state index in [2.05, 4.69) is 20.5 Å². The van der Waals surface area contributed by atoms with Crippen molar-refractivity contribution < 1.29 is 23.8 Å². The number of aromatic nitrogens is 3. The fraction of sp³-hybridized carbons (Fsp3) is 0.545. The van der Waals surface area contributed by atoms with Crippen LogP contribution in [-0.4, -0.2) is 71.9 Å². The second kappa shape index (κ2) is 9.56. The number of aromatic amines is 1. The summed E-state index contributed by atoms with van der Waals surface area (Å²) in [4.78, 5) is 32.5. The third-order valence-electron chi connectivity index (χ3n) is 6.05. The van der Waals surface area contributed by atoms with Gasteiger partial charge in [0.25, 0.3) is 5.91 Å². The predicted octanol–water partition coefficient (Wildman–Crippen LogP) is 1.63. The van der Waals surface area contributed by atoms with Gasteiger partial charge in [-0.15, -0.1) is 0 Å². The first-order chi connectivity index (χ1) is 15.5. The number of nitrogens with zero attached hydrogens (tertiary/aromatic N) is 3. The van der Waals surface area contributed by atoms with Crippen molar-refractivity contribution in [3.63, 3.8) is 0 Å². The summed E-state index contributed by atoms with van der Waals surface area (Å²) in [5.41, 5.74) is 0.418. The summed E-state index contributed by atoms with van der Waals surface area (Å²) < 4.78 is 16.0. The molecule has 1 aromatic carbocycles. The average molecular weight is 444 g/mol. The number of amides is 2. The van der Waals surface area contributed by atoms with Gasteiger partial charge in [0, 0.05) is 37.8 Å². The Labute approximate surface area is 186 Å². The molecule has 0 saturated carbocycles. The topological polar surface area (TPSA) is 119 Å². The molecule has 10 nitrogen and oxygen atoms in total. The minimum absolute atomic E-state index is 0.0135. The van der Waals surface area contributed by atoms with E-state index < -0.39 is 0 Å². The van der Waals surface area contributed by atoms with Crippen LogP contribution in [0.3, 0.4) is 0 Å². The zero-order valence-electron chi connectivity index (χ0n) is 18.6. The standard InChI is InChI=1S/C22H29N5O5/c1-13-23-20(26-25-13)18-10-15(24-21(28)14-6-8-32-9-7-14)12-27(18)22(29)17-5-4-16(30-2)11-19(17)31-3/h4-5,11,14-15,18H,6-10,12H2,1-3H3,(H,24,28)(H,23,25,26)/t15-,18-/m0/s1. The quantitative estimate of drug-likeness (QED) is 0.696. The van der Waals surface area contributed by atoms with Crippen molar-refractivity contribution in [3.8, 4) is 11.5 Å². The Kier molecular flexibility index (Phi) is 6.59. The summed E-state index contributed by atoms with van der Waals surface area (Å²) in [5, 5.41) is 10.3. The summed E-state index contributed by atoms with van der Waals surface area (Å²) in [6, 6.07) is 4.54. The maximum Gasteiger partial charge on any atom is 0.258 e. The van der Waals surface area contributed by atoms with Gasteiger partial charge in [0.15, 0.2) is 5.82 Å². The highest BCUT2D eigenvalue weighted by Crippen LogP contribution is 2.34. The Hall–Kier alpha value is -3.14. The largest absolute Gasteiger partial charge is 0.497 e. The van der Waals surface area contributed by atoms with Crippen LogP contribution in [0.5, 0.6) is 11.5 Å². The molecule has 2 aliphatic heterocycles. The Morgan fingerprint density at radius 3 is 2.66 bits per heavy atom. The van der Waals surface area contributed by atoms with Crippen LogP contribution < -0.4 is 14.8 Å². The Balaban J connectivity index is 1.56. The molecule has 0 bridgehead atoms. The number of benzene rings is 1. The number of H-pyrrole nitrogens is 1. The zero-order valence-corrected chi connectivity index (χ0v) is 18.6. The molecule has 2 atom stereocenters. The molecule has 2 saturated heterocycles. The van der Waals surface area contributed by atoms with E-state index in [1.54, 1.807) is 30.2 Å². The zero-order chi connectivity index (χ0) is 22.7. The number of carbonyl (C=O) groups excluding carboxylic acids is 2. The molecule has 0 radical (unpaired) electrons. The van der Waals surface area contributed by atoms with Crippen molar-refractivity contribution in [2.45, 2.75) is 38.3 Å². The van der Waals surface area contributed by atoms with Crippen LogP contribution in [0.2, 0.25) is 0 Å². The Morgan fingerprint density at radius 1 is 1.22 bits per heavy atom. The molecular formula is C22H29N5O5. The van der Waals surface area contributed by atoms with Gasteiger partial charge in [-0.05, 0) is 38.3 Å². The highest BCUT2D eigenvalue weighted by Gasteiger charge is 2.40. The summed E-state index contributed by atoms with van der Waals surface area (Å²) in [5.74, 6) is 1.98. The highest BCUT2D eigenvalue weighted by atomic mass is 16.5. The molecule has 2 N–H and O–H groups in total. The van der Waals surface area contributed by atoms with E-state index in [0.717, 1.165) is 0 Å². The maximum absolute atomic E-state index is 13.6. The normalized spacial score (nSPS) is 21.4. The van der Waals surface area contributed by atoms with Crippen molar-refractivity contribution in [1.29, 1.82) is 0 Å². The van der Waals surface area contributed by atoms with E-state index in [4.69, 9.17) is 14.2 Å². The number of likely N-dealkylation sites (tertiary alicyclic amines) is 1. The van der Waals surface area contributed by atoms with Gasteiger partial charge in [0.05, 0.1) is 25.8 Å². The fourth-order valence-electron chi connectivity index (χ4n) is 4.33. The van der Waals surface area contributed by atoms with E-state index >= 15 is 0 Å². The summed E-state index contributed by atoms with van der Waals surface area (Å²) >= 11 is 0. The summed E-state index contributed by atoms with van der Waals surface area (Å²) in [7, 11) is 3.08. The van der Waals surface area contributed by atoms with Crippen LogP contribution in [0.15, 0.2) is 18.2 Å². The van der Waals surface area contributed by atoms with Crippen LogP contribution in [0, 0.1) is 12.8 Å². The number of aryl methyl sites for hydroxylation is 1. The molecule has 0 spiro atoms. The van der Waals surface area contributed by atoms with Crippen molar-refractivity contribution in [2.24, 2.45) is 5.92 Å². The lowest BCUT2D eigenvalue weighted by Crippen LogP contribution is -2.42. The first-order valence-electron chi connectivity index (χ1n) is 10.8. The number of carbonyl (C=O) groups is 2. The molecule has 172 valence electrons. The number of hydrogen-bond acceptors (Lipinski definition) is 7. The van der Waals surface area contributed by atoms with Gasteiger partial charge >= 0.3 is 0 Å². The number of rotatable bonds is 6. The van der Waals surface area contributed by atoms with E-state index in [9.17, 15) is 9.59 Å². The van der Waals surface area contributed by atoms with Gasteiger partial charge in [-0.2, -0.15) is 5.10 Å². The number of methoxy groups -OCH3 is 2. The van der Waals surface area contributed by atoms with Crippen LogP contribution in [0.1, 0.15) is 47.3 Å². The lowest BCUT2D eigenvalue weighted by molar-refractivity contribution is -0.128. The third-order valence-corrected chi connectivity index (χ3v) is 6.05. The predicted molar refractivity (Wildman–Crippen MR) is 115 cm³/mol. The molecule has 0 aliphatic carbocycles. The second-order valence-electron chi connectivity index (χ2n) is 8.15. The summed E-state index contributed by atoms with van der Waals surface area (Å²) in [6.45, 7) is 3.38. The van der Waals surface area contributed by atoms with Gasteiger partial charge < -0.3 is 24.4 Å². The van der Waals surface area contributed by atoms with Crippen molar-refractivity contribution in [2.75, 3.05) is 34.0 Å². The van der Waals surface area contributed by atoms with E-state index in [1.807, 2.05) is 6.92 Å². The lowest BCUT2D eigenvalue weighted by Gasteiger charge is -2.24. The average Bonchev–Trinajstić information content (AvgIpc) is 3.44. The smallest absolute Gasteiger partial charge is 0.258 e. The van der Waals surface area contributed by atoms with Crippen molar-refractivity contribution >= 4 is 11.8 Å². The fourth-order valence-corrected chi connectivity index (χ4v) is 4.33. The molecule has 3 heterocycles. The number of ether oxygens (including phenoxy) is 3. The van der Waals surface area contributed by atoms with Crippen molar-refractivity contribution in [3.05, 3.63) is 35.4 Å². The molecular weight excluding hydrogens is 414 g/mol. The number of nitrogens with one attached hydrogen (secondary N) is 2. The maximum atomic E-state index is 13.6. The summed E-state index contributed by atoms with van der Waals surface area (Å²) in [6.07, 6.45) is 1.97. The first-order valence-corrected chi connectivity index (χ1v) is 10.8. The molecule has 1 aromatic heterocycles. The van der Waals surface area contributed by atoms with Gasteiger partial charge in [-0.25, -0.2) is 4.98 Å². The van der Waals surface area contributed by atoms with Gasteiger partial charge in [-0.3, -0.25) is 14.7 Å². The Bertz CT molecular complexity index is 971. The van der Waals surface area contributed by atoms with Crippen LogP contribution in [0.25, 0.3) is 0 Å². The lowest BCUT2D eigenvalue weighted by atomic mass is 9.99. The molecule has 4 rings (SSSR count). The minimum Gasteiger partial charge on any atom is -0.497 e. The van der Waals surface area contributed by atoms with Gasteiger partial charge in [-0.1, -0.05) is 0 Å². The highest BCUT2D eigenvalue weighted by molar-refractivity contribution is 5.97. The van der Waals surface area contributed by atoms with Crippen LogP contribution in [-0.2, 0) is 9.53 Å². The first kappa shape index (κ1) is 22.1. The molecule has 0 unspecified atom stereocenters. The Morgan fingerprint density at radius 2 is 2.00 bits per heavy atom. The van der Waals surface area contributed by atoms with Crippen LogP contribution in [0.4, 0.5) is 0 Å². The molecule has 32 heavy (non-hydrogen) atoms. The van der Waals surface area contributed by atoms with E-state index in [0.29, 0.717) is 67.7 Å². The monoisotopic (exact) mass is 443 g/mol. The minimum atomic E-state index is -0.362. The van der Waals surface area contributed by atoms with Crippen LogP contribution >= 0.6 is 0 Å². The molecule has 2 fully saturated rings. The van der Waals surface area contributed by atoms with E-state index in [1.165, 1.54) is 7.11 Å². The molecule has 2 aliphatic rings. The van der Waals surface area contributed by atoms with E-state index in [-0.39, 0.29) is 29.8 Å².